The van der Waals surface area contributed by atoms with Crippen molar-refractivity contribution < 1.29 is 9.90 Å². The van der Waals surface area contributed by atoms with Gasteiger partial charge in [-0.05, 0) is 43.7 Å². The number of nitrogens with zero attached hydrogens (tertiary/aromatic N) is 1. The summed E-state index contributed by atoms with van der Waals surface area (Å²) in [5, 5.41) is 9.33. The van der Waals surface area contributed by atoms with Crippen LogP contribution in [0.25, 0.3) is 0 Å². The van der Waals surface area contributed by atoms with Crippen molar-refractivity contribution in [3.05, 3.63) is 35.9 Å². The van der Waals surface area contributed by atoms with E-state index in [9.17, 15) is 9.90 Å². The van der Waals surface area contributed by atoms with Crippen molar-refractivity contribution in [1.29, 1.82) is 0 Å². The first kappa shape index (κ1) is 14.6. The molecule has 21 heavy (non-hydrogen) atoms. The van der Waals surface area contributed by atoms with Crippen molar-refractivity contribution in [1.82, 2.24) is 4.90 Å². The molecule has 3 nitrogen and oxygen atoms in total. The van der Waals surface area contributed by atoms with Gasteiger partial charge in [-0.3, -0.25) is 9.69 Å². The standard InChI is InChI=1S/C18H25NO2/c20-18(21)13-17(15-7-2-1-3-8-15)19-12-6-11-16(19)14-9-4-5-10-14/h1-3,7-8,14,16-17H,4-6,9-13H2,(H,20,21). The first-order valence-corrected chi connectivity index (χ1v) is 8.28. The normalized spacial score (nSPS) is 25.2. The fraction of sp³-hybridized carbons (Fsp3) is 0.611. The Kier molecular flexibility index (Phi) is 4.59. The quantitative estimate of drug-likeness (QED) is 0.894. The van der Waals surface area contributed by atoms with E-state index < -0.39 is 5.97 Å². The molecule has 1 heterocycles. The highest BCUT2D eigenvalue weighted by Gasteiger charge is 2.37. The summed E-state index contributed by atoms with van der Waals surface area (Å²) in [6.45, 7) is 1.05. The molecule has 0 radical (unpaired) electrons. The SMILES string of the molecule is O=C(O)CC(c1ccccc1)N1CCCC1C1CCCC1. The van der Waals surface area contributed by atoms with Crippen LogP contribution in [0.4, 0.5) is 0 Å². The van der Waals surface area contributed by atoms with Gasteiger partial charge in [-0.25, -0.2) is 0 Å². The van der Waals surface area contributed by atoms with Crippen molar-refractivity contribution in [3.8, 4) is 0 Å². The summed E-state index contributed by atoms with van der Waals surface area (Å²) >= 11 is 0. The number of aliphatic carboxylic acids is 1. The van der Waals surface area contributed by atoms with Crippen molar-refractivity contribution >= 4 is 5.97 Å². The van der Waals surface area contributed by atoms with Crippen LogP contribution in [0, 0.1) is 5.92 Å². The second-order valence-corrected chi connectivity index (χ2v) is 6.52. The Morgan fingerprint density at radius 1 is 1.14 bits per heavy atom. The Morgan fingerprint density at radius 2 is 1.86 bits per heavy atom. The van der Waals surface area contributed by atoms with Crippen LogP contribution in [0.5, 0.6) is 0 Å². The van der Waals surface area contributed by atoms with E-state index in [1.165, 1.54) is 38.5 Å². The maximum absolute atomic E-state index is 11.3. The third-order valence-corrected chi connectivity index (χ3v) is 5.24. The third-order valence-electron chi connectivity index (χ3n) is 5.24. The lowest BCUT2D eigenvalue weighted by Crippen LogP contribution is -2.38. The molecule has 114 valence electrons. The summed E-state index contributed by atoms with van der Waals surface area (Å²) < 4.78 is 0. The van der Waals surface area contributed by atoms with Crippen molar-refractivity contribution in [2.75, 3.05) is 6.54 Å². The van der Waals surface area contributed by atoms with E-state index >= 15 is 0 Å². The fourth-order valence-electron chi connectivity index (χ4n) is 4.32. The summed E-state index contributed by atoms with van der Waals surface area (Å²) in [6.07, 6.45) is 8.03. The molecule has 1 aliphatic heterocycles. The van der Waals surface area contributed by atoms with E-state index in [1.54, 1.807) is 0 Å². The average molecular weight is 287 g/mol. The third kappa shape index (κ3) is 3.29. The van der Waals surface area contributed by atoms with Crippen LogP contribution in [-0.2, 0) is 4.79 Å². The lowest BCUT2D eigenvalue weighted by molar-refractivity contribution is -0.138. The van der Waals surface area contributed by atoms with Crippen molar-refractivity contribution in [2.24, 2.45) is 5.92 Å². The first-order chi connectivity index (χ1) is 10.3. The molecule has 1 saturated heterocycles. The number of carboxylic acids is 1. The monoisotopic (exact) mass is 287 g/mol. The molecule has 3 rings (SSSR count). The highest BCUT2D eigenvalue weighted by Crippen LogP contribution is 2.40. The number of hydrogen-bond donors (Lipinski definition) is 1. The van der Waals surface area contributed by atoms with E-state index in [0.29, 0.717) is 6.04 Å². The number of likely N-dealkylation sites (tertiary alicyclic amines) is 1. The highest BCUT2D eigenvalue weighted by atomic mass is 16.4. The van der Waals surface area contributed by atoms with Crippen LogP contribution < -0.4 is 0 Å². The number of carboxylic acid groups (broad SMARTS) is 1. The lowest BCUT2D eigenvalue weighted by atomic mass is 9.93. The van der Waals surface area contributed by atoms with E-state index in [0.717, 1.165) is 18.0 Å². The number of benzene rings is 1. The van der Waals surface area contributed by atoms with Crippen LogP contribution in [0.3, 0.4) is 0 Å². The molecular formula is C18H25NO2. The molecule has 1 aliphatic carbocycles. The van der Waals surface area contributed by atoms with E-state index in [2.05, 4.69) is 17.0 Å². The van der Waals surface area contributed by atoms with Gasteiger partial charge >= 0.3 is 5.97 Å². The Hall–Kier alpha value is -1.35. The summed E-state index contributed by atoms with van der Waals surface area (Å²) in [4.78, 5) is 13.8. The maximum Gasteiger partial charge on any atom is 0.305 e. The zero-order chi connectivity index (χ0) is 14.7. The Bertz CT molecular complexity index is 467. The molecule has 0 amide bonds. The molecule has 1 aromatic carbocycles. The van der Waals surface area contributed by atoms with E-state index in [4.69, 9.17) is 0 Å². The molecule has 2 unspecified atom stereocenters. The van der Waals surface area contributed by atoms with Gasteiger partial charge in [-0.2, -0.15) is 0 Å². The Labute approximate surface area is 127 Å². The predicted molar refractivity (Wildman–Crippen MR) is 83.1 cm³/mol. The second kappa shape index (κ2) is 6.61. The van der Waals surface area contributed by atoms with E-state index in [-0.39, 0.29) is 12.5 Å². The summed E-state index contributed by atoms with van der Waals surface area (Å²) in [5.74, 6) is 0.0911. The first-order valence-electron chi connectivity index (χ1n) is 8.28. The van der Waals surface area contributed by atoms with Crippen LogP contribution >= 0.6 is 0 Å². The molecule has 2 fully saturated rings. The minimum absolute atomic E-state index is 0.0387. The van der Waals surface area contributed by atoms with Crippen molar-refractivity contribution in [2.45, 2.75) is 57.0 Å². The van der Waals surface area contributed by atoms with Crippen LogP contribution in [0.15, 0.2) is 30.3 Å². The van der Waals surface area contributed by atoms with Gasteiger partial charge in [0.2, 0.25) is 0 Å². The molecule has 0 spiro atoms. The molecular weight excluding hydrogens is 262 g/mol. The lowest BCUT2D eigenvalue weighted by Gasteiger charge is -2.35. The summed E-state index contributed by atoms with van der Waals surface area (Å²) in [5.41, 5.74) is 1.16. The zero-order valence-corrected chi connectivity index (χ0v) is 12.6. The molecule has 3 heteroatoms. The van der Waals surface area contributed by atoms with Gasteiger partial charge in [-0.1, -0.05) is 43.2 Å². The molecule has 2 aliphatic rings. The molecule has 2 atom stereocenters. The highest BCUT2D eigenvalue weighted by molar-refractivity contribution is 5.68. The topological polar surface area (TPSA) is 40.5 Å². The van der Waals surface area contributed by atoms with Crippen LogP contribution in [-0.4, -0.2) is 28.6 Å². The Balaban J connectivity index is 1.82. The van der Waals surface area contributed by atoms with Gasteiger partial charge < -0.3 is 5.11 Å². The minimum Gasteiger partial charge on any atom is -0.481 e. The second-order valence-electron chi connectivity index (χ2n) is 6.52. The molecule has 0 aromatic heterocycles. The fourth-order valence-corrected chi connectivity index (χ4v) is 4.32. The molecule has 0 bridgehead atoms. The number of hydrogen-bond acceptors (Lipinski definition) is 2. The van der Waals surface area contributed by atoms with Crippen LogP contribution in [0.1, 0.15) is 56.6 Å². The average Bonchev–Trinajstić information content (AvgIpc) is 3.16. The summed E-state index contributed by atoms with van der Waals surface area (Å²) in [6, 6.07) is 10.8. The molecule has 1 saturated carbocycles. The predicted octanol–water partition coefficient (Wildman–Crippen LogP) is 3.86. The number of carbonyl (C=O) groups is 1. The van der Waals surface area contributed by atoms with Gasteiger partial charge in [0.15, 0.2) is 0 Å². The van der Waals surface area contributed by atoms with Gasteiger partial charge in [0.05, 0.1) is 6.42 Å². The van der Waals surface area contributed by atoms with Gasteiger partial charge in [0.25, 0.3) is 0 Å². The smallest absolute Gasteiger partial charge is 0.305 e. The molecule has 1 aromatic rings. The minimum atomic E-state index is -0.694. The van der Waals surface area contributed by atoms with E-state index in [1.807, 2.05) is 18.2 Å². The van der Waals surface area contributed by atoms with Crippen molar-refractivity contribution in [3.63, 3.8) is 0 Å². The maximum atomic E-state index is 11.3. The largest absolute Gasteiger partial charge is 0.481 e. The number of rotatable bonds is 5. The zero-order valence-electron chi connectivity index (χ0n) is 12.6. The summed E-state index contributed by atoms with van der Waals surface area (Å²) in [7, 11) is 0. The van der Waals surface area contributed by atoms with Gasteiger partial charge in [0.1, 0.15) is 0 Å². The van der Waals surface area contributed by atoms with Crippen LogP contribution in [0.2, 0.25) is 0 Å². The van der Waals surface area contributed by atoms with Gasteiger partial charge in [0, 0.05) is 12.1 Å². The molecule has 1 N–H and O–H groups in total. The van der Waals surface area contributed by atoms with Gasteiger partial charge in [-0.15, -0.1) is 0 Å². The Morgan fingerprint density at radius 3 is 2.52 bits per heavy atom.